The molecule has 0 radical (unpaired) electrons. The molecular weight excluding hydrogens is 334 g/mol. The lowest BCUT2D eigenvalue weighted by molar-refractivity contribution is -0.150. The average Bonchev–Trinajstić information content (AvgIpc) is 2.87. The van der Waals surface area contributed by atoms with Crippen LogP contribution in [0.25, 0.3) is 0 Å². The van der Waals surface area contributed by atoms with Gasteiger partial charge in [-0.05, 0) is 46.8 Å². The van der Waals surface area contributed by atoms with E-state index in [2.05, 4.69) is 15.9 Å². The Morgan fingerprint density at radius 2 is 2.05 bits per heavy atom. The van der Waals surface area contributed by atoms with Crippen LogP contribution in [0.3, 0.4) is 0 Å². The highest BCUT2D eigenvalue weighted by Gasteiger charge is 2.48. The Bertz CT molecular complexity index is 585. The number of hydrogen-bond acceptors (Lipinski definition) is 2. The number of amides is 1. The van der Waals surface area contributed by atoms with Gasteiger partial charge in [0.25, 0.3) is 5.91 Å². The minimum atomic E-state index is -0.827. The largest absolute Gasteiger partial charge is 0.481 e. The van der Waals surface area contributed by atoms with E-state index in [0.717, 1.165) is 10.0 Å². The van der Waals surface area contributed by atoms with Gasteiger partial charge in [0.2, 0.25) is 0 Å². The molecule has 4 nitrogen and oxygen atoms in total. The lowest BCUT2D eigenvalue weighted by Gasteiger charge is -2.28. The van der Waals surface area contributed by atoms with Gasteiger partial charge in [0.15, 0.2) is 0 Å². The van der Waals surface area contributed by atoms with Gasteiger partial charge in [-0.25, -0.2) is 0 Å². The van der Waals surface area contributed by atoms with E-state index in [1.54, 1.807) is 11.0 Å². The number of nitrogens with zero attached hydrogens (tertiary/aromatic N) is 1. The standard InChI is InChI=1S/C16H20BrNO3/c1-10(2)16(15(20)21)7-8-18(9-16)14(19)12-6-4-5-11(3)13(12)17/h4-6,10H,7-9H2,1-3H3,(H,20,21). The zero-order valence-electron chi connectivity index (χ0n) is 12.5. The molecule has 1 N–H and O–H groups in total. The van der Waals surface area contributed by atoms with Crippen LogP contribution in [-0.4, -0.2) is 35.0 Å². The molecule has 1 heterocycles. The monoisotopic (exact) mass is 353 g/mol. The van der Waals surface area contributed by atoms with Gasteiger partial charge in [0.05, 0.1) is 11.0 Å². The summed E-state index contributed by atoms with van der Waals surface area (Å²) in [6, 6.07) is 5.55. The number of carboxylic acids is 1. The van der Waals surface area contributed by atoms with E-state index in [0.29, 0.717) is 18.5 Å². The summed E-state index contributed by atoms with van der Waals surface area (Å²) in [7, 11) is 0. The van der Waals surface area contributed by atoms with Crippen LogP contribution in [0.2, 0.25) is 0 Å². The third-order valence-corrected chi connectivity index (χ3v) is 5.59. The summed E-state index contributed by atoms with van der Waals surface area (Å²) in [6.45, 7) is 6.51. The molecule has 5 heteroatoms. The SMILES string of the molecule is Cc1cccc(C(=O)N2CCC(C(=O)O)(C(C)C)C2)c1Br. The molecule has 1 amide bonds. The first kappa shape index (κ1) is 16.0. The maximum absolute atomic E-state index is 12.7. The van der Waals surface area contributed by atoms with Gasteiger partial charge in [-0.3, -0.25) is 9.59 Å². The molecule has 0 spiro atoms. The highest BCUT2D eigenvalue weighted by molar-refractivity contribution is 9.10. The fourth-order valence-electron chi connectivity index (χ4n) is 2.88. The number of aliphatic carboxylic acids is 1. The van der Waals surface area contributed by atoms with Crippen molar-refractivity contribution >= 4 is 27.8 Å². The summed E-state index contributed by atoms with van der Waals surface area (Å²) in [6.07, 6.45) is 0.509. The summed E-state index contributed by atoms with van der Waals surface area (Å²) in [4.78, 5) is 26.0. The molecule has 1 aromatic rings. The second-order valence-corrected chi connectivity index (χ2v) is 6.82. The van der Waals surface area contributed by atoms with Crippen LogP contribution >= 0.6 is 15.9 Å². The number of rotatable bonds is 3. The fraction of sp³-hybridized carbons (Fsp3) is 0.500. The first-order chi connectivity index (χ1) is 9.79. The minimum Gasteiger partial charge on any atom is -0.481 e. The zero-order chi connectivity index (χ0) is 15.8. The molecule has 1 atom stereocenters. The summed E-state index contributed by atoms with van der Waals surface area (Å²) in [5, 5.41) is 9.56. The van der Waals surface area contributed by atoms with Crippen molar-refractivity contribution in [3.63, 3.8) is 0 Å². The quantitative estimate of drug-likeness (QED) is 0.906. The topological polar surface area (TPSA) is 57.6 Å². The van der Waals surface area contributed by atoms with Crippen molar-refractivity contribution in [1.82, 2.24) is 4.90 Å². The molecule has 2 rings (SSSR count). The Kier molecular flexibility index (Phi) is 4.42. The predicted molar refractivity (Wildman–Crippen MR) is 84.3 cm³/mol. The molecule has 0 aromatic heterocycles. The number of benzene rings is 1. The normalized spacial score (nSPS) is 21.9. The Hall–Kier alpha value is -1.36. The van der Waals surface area contributed by atoms with Crippen molar-refractivity contribution in [2.45, 2.75) is 27.2 Å². The van der Waals surface area contributed by atoms with Gasteiger partial charge >= 0.3 is 5.97 Å². The van der Waals surface area contributed by atoms with Gasteiger partial charge in [-0.15, -0.1) is 0 Å². The Morgan fingerprint density at radius 3 is 2.57 bits per heavy atom. The summed E-state index contributed by atoms with van der Waals surface area (Å²) < 4.78 is 0.785. The molecule has 1 aliphatic rings. The molecule has 114 valence electrons. The van der Waals surface area contributed by atoms with Crippen molar-refractivity contribution in [3.05, 3.63) is 33.8 Å². The molecule has 1 aliphatic heterocycles. The predicted octanol–water partition coefficient (Wildman–Crippen LogP) is 3.33. The second kappa shape index (κ2) is 5.79. The van der Waals surface area contributed by atoms with Crippen LogP contribution in [0.5, 0.6) is 0 Å². The van der Waals surface area contributed by atoms with Crippen LogP contribution in [0.1, 0.15) is 36.2 Å². The van der Waals surface area contributed by atoms with Crippen molar-refractivity contribution < 1.29 is 14.7 Å². The number of likely N-dealkylation sites (tertiary alicyclic amines) is 1. The lowest BCUT2D eigenvalue weighted by Crippen LogP contribution is -2.40. The Morgan fingerprint density at radius 1 is 1.38 bits per heavy atom. The number of carbonyl (C=O) groups is 2. The highest BCUT2D eigenvalue weighted by atomic mass is 79.9. The van der Waals surface area contributed by atoms with Crippen LogP contribution in [0.15, 0.2) is 22.7 Å². The van der Waals surface area contributed by atoms with E-state index in [1.807, 2.05) is 32.9 Å². The molecule has 1 aromatic carbocycles. The van der Waals surface area contributed by atoms with Crippen LogP contribution in [0.4, 0.5) is 0 Å². The maximum Gasteiger partial charge on any atom is 0.311 e. The third-order valence-electron chi connectivity index (χ3n) is 4.54. The first-order valence-corrected chi connectivity index (χ1v) is 7.86. The van der Waals surface area contributed by atoms with Gasteiger partial charge in [0, 0.05) is 17.6 Å². The number of aryl methyl sites for hydroxylation is 1. The van der Waals surface area contributed by atoms with Crippen LogP contribution in [0, 0.1) is 18.3 Å². The maximum atomic E-state index is 12.7. The summed E-state index contributed by atoms with van der Waals surface area (Å²) in [5.41, 5.74) is 0.764. The van der Waals surface area contributed by atoms with E-state index < -0.39 is 11.4 Å². The van der Waals surface area contributed by atoms with Gasteiger partial charge in [-0.1, -0.05) is 26.0 Å². The Labute approximate surface area is 133 Å². The number of hydrogen-bond donors (Lipinski definition) is 1. The molecular formula is C16H20BrNO3. The van der Waals surface area contributed by atoms with Crippen molar-refractivity contribution in [1.29, 1.82) is 0 Å². The molecule has 0 aliphatic carbocycles. The average molecular weight is 354 g/mol. The number of carbonyl (C=O) groups excluding carboxylic acids is 1. The van der Waals surface area contributed by atoms with Crippen molar-refractivity contribution in [2.24, 2.45) is 11.3 Å². The van der Waals surface area contributed by atoms with Gasteiger partial charge in [0.1, 0.15) is 0 Å². The van der Waals surface area contributed by atoms with E-state index in [-0.39, 0.29) is 18.4 Å². The molecule has 21 heavy (non-hydrogen) atoms. The number of halogens is 1. The molecule has 1 saturated heterocycles. The lowest BCUT2D eigenvalue weighted by atomic mass is 9.76. The number of carboxylic acid groups (broad SMARTS) is 1. The van der Waals surface area contributed by atoms with E-state index >= 15 is 0 Å². The van der Waals surface area contributed by atoms with Crippen LogP contribution < -0.4 is 0 Å². The zero-order valence-corrected chi connectivity index (χ0v) is 14.1. The van der Waals surface area contributed by atoms with Crippen LogP contribution in [-0.2, 0) is 4.79 Å². The van der Waals surface area contributed by atoms with E-state index in [1.165, 1.54) is 0 Å². The fourth-order valence-corrected chi connectivity index (χ4v) is 3.32. The highest BCUT2D eigenvalue weighted by Crippen LogP contribution is 2.39. The van der Waals surface area contributed by atoms with E-state index in [4.69, 9.17) is 0 Å². The smallest absolute Gasteiger partial charge is 0.311 e. The van der Waals surface area contributed by atoms with Crippen molar-refractivity contribution in [3.8, 4) is 0 Å². The molecule has 0 saturated carbocycles. The van der Waals surface area contributed by atoms with Gasteiger partial charge < -0.3 is 10.0 Å². The molecule has 1 unspecified atom stereocenters. The summed E-state index contributed by atoms with van der Waals surface area (Å²) >= 11 is 3.45. The third kappa shape index (κ3) is 2.71. The summed E-state index contributed by atoms with van der Waals surface area (Å²) in [5.74, 6) is -0.917. The molecule has 1 fully saturated rings. The Balaban J connectivity index is 2.27. The van der Waals surface area contributed by atoms with Gasteiger partial charge in [-0.2, -0.15) is 0 Å². The van der Waals surface area contributed by atoms with E-state index in [9.17, 15) is 14.7 Å². The second-order valence-electron chi connectivity index (χ2n) is 6.03. The minimum absolute atomic E-state index is 0.00579. The van der Waals surface area contributed by atoms with Crippen molar-refractivity contribution in [2.75, 3.05) is 13.1 Å². The first-order valence-electron chi connectivity index (χ1n) is 7.07. The molecule has 0 bridgehead atoms.